The Balaban J connectivity index is 0.000000307. The van der Waals surface area contributed by atoms with E-state index in [1.165, 1.54) is 16.8 Å². The van der Waals surface area contributed by atoms with Gasteiger partial charge in [-0.3, -0.25) is 4.79 Å². The number of carbonyl (C=O) groups is 1. The first-order valence-electron chi connectivity index (χ1n) is 14.8. The number of hydrogen-bond donors (Lipinski definition) is 1. The minimum Gasteiger partial charge on any atom is -0.512 e. The Labute approximate surface area is 266 Å². The first-order valence-corrected chi connectivity index (χ1v) is 14.8. The largest absolute Gasteiger partial charge is 0.512 e. The van der Waals surface area contributed by atoms with Crippen molar-refractivity contribution in [3.05, 3.63) is 89.3 Å². The van der Waals surface area contributed by atoms with Gasteiger partial charge in [-0.2, -0.15) is 17.2 Å². The van der Waals surface area contributed by atoms with Crippen molar-refractivity contribution in [2.75, 3.05) is 0 Å². The predicted molar refractivity (Wildman–Crippen MR) is 172 cm³/mol. The number of hydrogen-bond acceptors (Lipinski definition) is 4. The molecule has 0 unspecified atom stereocenters. The van der Waals surface area contributed by atoms with Crippen LogP contribution in [0.25, 0.3) is 21.5 Å². The van der Waals surface area contributed by atoms with Gasteiger partial charge >= 0.3 is 0 Å². The smallest absolute Gasteiger partial charge is 0.225 e. The molecule has 227 valence electrons. The molecule has 4 nitrogen and oxygen atoms in total. The molecule has 1 aromatic heterocycles. The summed E-state index contributed by atoms with van der Waals surface area (Å²) in [5, 5.41) is 14.7. The van der Waals surface area contributed by atoms with Crippen molar-refractivity contribution >= 4 is 27.3 Å². The van der Waals surface area contributed by atoms with E-state index >= 15 is 0 Å². The van der Waals surface area contributed by atoms with Crippen LogP contribution in [0.3, 0.4) is 0 Å². The van der Waals surface area contributed by atoms with Gasteiger partial charge in [-0.25, -0.2) is 4.98 Å². The fourth-order valence-electron chi connectivity index (χ4n) is 4.90. The van der Waals surface area contributed by atoms with Gasteiger partial charge in [0.2, 0.25) is 5.88 Å². The zero-order valence-electron chi connectivity index (χ0n) is 26.6. The number of allylic oxidation sites excluding steroid dienone is 2. The summed E-state index contributed by atoms with van der Waals surface area (Å²) >= 11 is 0. The van der Waals surface area contributed by atoms with Gasteiger partial charge in [0.1, 0.15) is 5.76 Å². The Morgan fingerprint density at radius 1 is 0.905 bits per heavy atom. The molecule has 3 aromatic carbocycles. The van der Waals surface area contributed by atoms with Gasteiger partial charge in [-0.15, -0.1) is 12.1 Å². The van der Waals surface area contributed by atoms with Crippen molar-refractivity contribution in [1.29, 1.82) is 0 Å². The van der Waals surface area contributed by atoms with Crippen molar-refractivity contribution in [3.63, 3.8) is 0 Å². The SMILES string of the molecule is CCC(C)(CC)C(=O)/C=C(\O)C(C)(CC)CC.Cc1[c-]c(Oc2ncc(C)c3ccc4ccccc4c23)cc(C)c1.[Ir]. The number of ether oxygens (including phenoxy) is 1. The number of pyridine rings is 1. The molecule has 4 aromatic rings. The average Bonchev–Trinajstić information content (AvgIpc) is 2.97. The van der Waals surface area contributed by atoms with Gasteiger partial charge < -0.3 is 9.84 Å². The number of rotatable bonds is 9. The molecule has 0 spiro atoms. The number of aryl methyl sites for hydroxylation is 3. The minimum atomic E-state index is -0.337. The van der Waals surface area contributed by atoms with E-state index in [0.29, 0.717) is 11.6 Å². The molecule has 0 aliphatic heterocycles. The van der Waals surface area contributed by atoms with Crippen LogP contribution in [0, 0.1) is 37.7 Å². The average molecular weight is 745 g/mol. The first-order chi connectivity index (χ1) is 19.4. The van der Waals surface area contributed by atoms with Gasteiger partial charge in [0.05, 0.1) is 5.39 Å². The van der Waals surface area contributed by atoms with E-state index in [-0.39, 0.29) is 42.5 Å². The first kappa shape index (κ1) is 35.2. The second-order valence-electron chi connectivity index (χ2n) is 11.7. The van der Waals surface area contributed by atoms with Crippen LogP contribution in [-0.4, -0.2) is 15.9 Å². The second-order valence-corrected chi connectivity index (χ2v) is 11.7. The number of nitrogens with zero attached hydrogens (tertiary/aromatic N) is 1. The number of fused-ring (bicyclic) bond motifs is 3. The van der Waals surface area contributed by atoms with Crippen molar-refractivity contribution in [3.8, 4) is 11.6 Å². The summed E-state index contributed by atoms with van der Waals surface area (Å²) in [6.45, 7) is 18.2. The maximum Gasteiger partial charge on any atom is 0.225 e. The van der Waals surface area contributed by atoms with E-state index in [0.717, 1.165) is 53.1 Å². The molecular formula is C37H46IrNO3-. The van der Waals surface area contributed by atoms with Crippen LogP contribution in [0.2, 0.25) is 0 Å². The van der Waals surface area contributed by atoms with Crippen LogP contribution in [0.15, 0.2) is 66.6 Å². The van der Waals surface area contributed by atoms with Crippen molar-refractivity contribution in [2.24, 2.45) is 10.8 Å². The molecule has 0 saturated heterocycles. The Kier molecular flexibility index (Phi) is 12.5. The predicted octanol–water partition coefficient (Wildman–Crippen LogP) is 10.6. The number of ketones is 1. The van der Waals surface area contributed by atoms with Crippen molar-refractivity contribution in [1.82, 2.24) is 4.98 Å². The number of aliphatic hydroxyl groups is 1. The van der Waals surface area contributed by atoms with Gasteiger partial charge in [0.25, 0.3) is 0 Å². The fourth-order valence-corrected chi connectivity index (χ4v) is 4.90. The second kappa shape index (κ2) is 14.9. The monoisotopic (exact) mass is 745 g/mol. The topological polar surface area (TPSA) is 59.4 Å². The number of benzene rings is 3. The van der Waals surface area contributed by atoms with Crippen LogP contribution < -0.4 is 4.74 Å². The molecule has 5 heteroatoms. The maximum atomic E-state index is 12.2. The molecule has 1 radical (unpaired) electrons. The molecule has 0 amide bonds. The normalized spacial score (nSPS) is 12.0. The zero-order chi connectivity index (χ0) is 30.4. The molecule has 0 aliphatic carbocycles. The Morgan fingerprint density at radius 3 is 2.12 bits per heavy atom. The molecule has 0 saturated carbocycles. The summed E-state index contributed by atoms with van der Waals surface area (Å²) in [4.78, 5) is 16.7. The van der Waals surface area contributed by atoms with Gasteiger partial charge in [-0.05, 0) is 54.3 Å². The summed E-state index contributed by atoms with van der Waals surface area (Å²) in [7, 11) is 0. The van der Waals surface area contributed by atoms with Crippen LogP contribution in [0.1, 0.15) is 83.9 Å². The van der Waals surface area contributed by atoms with E-state index in [1.807, 2.05) is 60.7 Å². The van der Waals surface area contributed by atoms with E-state index in [4.69, 9.17) is 4.74 Å². The molecule has 0 fully saturated rings. The van der Waals surface area contributed by atoms with Crippen LogP contribution in [0.5, 0.6) is 11.6 Å². The maximum absolute atomic E-state index is 12.2. The summed E-state index contributed by atoms with van der Waals surface area (Å²) < 4.78 is 6.15. The van der Waals surface area contributed by atoms with Crippen LogP contribution >= 0.6 is 0 Å². The van der Waals surface area contributed by atoms with Crippen molar-refractivity contribution in [2.45, 2.75) is 88.0 Å². The summed E-state index contributed by atoms with van der Waals surface area (Å²) in [6, 6.07) is 20.0. The third-order valence-electron chi connectivity index (χ3n) is 8.88. The molecule has 0 bridgehead atoms. The third kappa shape index (κ3) is 7.88. The summed E-state index contributed by atoms with van der Waals surface area (Å²) in [6.07, 6.45) is 6.62. The van der Waals surface area contributed by atoms with Gasteiger partial charge in [0, 0.05) is 49.0 Å². The summed E-state index contributed by atoms with van der Waals surface area (Å²) in [5.74, 6) is 1.63. The standard InChI is InChI=1S/C22H18NO.C15H28O2.Ir/c1-14-10-15(2)12-18(11-14)24-22-21-19(16(3)13-23-22)9-8-17-6-4-5-7-20(17)21;1-7-14(5,8-2)12(16)11-13(17)15(6,9-3)10-4;/h4-11,13H,1-3H3;11,16H,7-10H2,1-6H3;/q-1;;/b;12-11-;. The molecule has 1 N–H and O–H groups in total. The minimum absolute atomic E-state index is 0. The molecule has 4 rings (SSSR count). The van der Waals surface area contributed by atoms with E-state index in [2.05, 4.69) is 67.4 Å². The van der Waals surface area contributed by atoms with Crippen LogP contribution in [-0.2, 0) is 24.9 Å². The zero-order valence-corrected chi connectivity index (χ0v) is 29.0. The van der Waals surface area contributed by atoms with Gasteiger partial charge in [0.15, 0.2) is 5.78 Å². The van der Waals surface area contributed by atoms with E-state index in [1.54, 1.807) is 0 Å². The summed E-state index contributed by atoms with van der Waals surface area (Å²) in [5.41, 5.74) is 2.76. The molecule has 0 aliphatic rings. The Bertz CT molecular complexity index is 1530. The Hall–Kier alpha value is -3.01. The van der Waals surface area contributed by atoms with Crippen LogP contribution in [0.4, 0.5) is 0 Å². The molecular weight excluding hydrogens is 699 g/mol. The fraction of sp³-hybridized carbons (Fsp3) is 0.405. The molecule has 0 atom stereocenters. The quantitative estimate of drug-likeness (QED) is 0.0802. The van der Waals surface area contributed by atoms with Gasteiger partial charge in [-0.1, -0.05) is 91.8 Å². The Morgan fingerprint density at radius 2 is 1.52 bits per heavy atom. The third-order valence-corrected chi connectivity index (χ3v) is 8.88. The number of carbonyl (C=O) groups excluding carboxylic acids is 1. The van der Waals surface area contributed by atoms with Crippen molar-refractivity contribution < 1.29 is 34.7 Å². The molecule has 1 heterocycles. The number of aliphatic hydroxyl groups excluding tert-OH is 1. The number of aromatic nitrogens is 1. The molecule has 42 heavy (non-hydrogen) atoms. The van der Waals surface area contributed by atoms with E-state index in [9.17, 15) is 9.90 Å². The van der Waals surface area contributed by atoms with E-state index < -0.39 is 0 Å².